The maximum absolute atomic E-state index is 13.8. The highest BCUT2D eigenvalue weighted by Gasteiger charge is 2.34. The van der Waals surface area contributed by atoms with Crippen LogP contribution < -0.4 is 0 Å². The fourth-order valence-corrected chi connectivity index (χ4v) is 3.66. The molecule has 5 nitrogen and oxygen atoms in total. The molecule has 0 atom stereocenters. The van der Waals surface area contributed by atoms with Gasteiger partial charge in [0.05, 0.1) is 5.56 Å². The van der Waals surface area contributed by atoms with Crippen molar-refractivity contribution in [1.82, 2.24) is 9.97 Å². The Hall–Kier alpha value is -4.53. The van der Waals surface area contributed by atoms with Crippen molar-refractivity contribution in [2.75, 3.05) is 0 Å². The van der Waals surface area contributed by atoms with Crippen molar-refractivity contribution in [3.8, 4) is 34.0 Å². The van der Waals surface area contributed by atoms with Gasteiger partial charge in [-0.25, -0.2) is 19.2 Å². The summed E-state index contributed by atoms with van der Waals surface area (Å²) in [5.74, 6) is -2.37. The van der Waals surface area contributed by atoms with Gasteiger partial charge in [-0.05, 0) is 47.5 Å². The third-order valence-electron chi connectivity index (χ3n) is 5.35. The van der Waals surface area contributed by atoms with Crippen LogP contribution in [0.15, 0.2) is 83.3 Å². The Labute approximate surface area is 195 Å². The Morgan fingerprint density at radius 1 is 0.829 bits per heavy atom. The van der Waals surface area contributed by atoms with E-state index < -0.39 is 29.2 Å². The first-order chi connectivity index (χ1) is 16.7. The van der Waals surface area contributed by atoms with Crippen molar-refractivity contribution < 1.29 is 31.9 Å². The first-order valence-electron chi connectivity index (χ1n) is 10.3. The molecule has 9 heteroatoms. The molecular weight excluding hydrogens is 464 g/mol. The number of carbonyl (C=O) groups is 1. The lowest BCUT2D eigenvalue weighted by molar-refractivity contribution is -0.141. The zero-order valence-corrected chi connectivity index (χ0v) is 17.7. The largest absolute Gasteiger partial charge is 0.478 e. The van der Waals surface area contributed by atoms with Gasteiger partial charge in [0, 0.05) is 10.9 Å². The van der Waals surface area contributed by atoms with Crippen LogP contribution in [-0.4, -0.2) is 21.0 Å². The standard InChI is InChI=1S/C26H14F4N2O3/c27-19-9-8-15(11-18(19)25(33)34)14-5-3-6-17(10-14)24-31-20(13-23(32-24)26(28,29)30)22-12-16-4-1-2-7-21(16)35-22/h1-13H,(H,33,34). The van der Waals surface area contributed by atoms with Crippen LogP contribution in [-0.2, 0) is 6.18 Å². The van der Waals surface area contributed by atoms with Gasteiger partial charge in [-0.1, -0.05) is 42.5 Å². The first kappa shape index (κ1) is 22.3. The zero-order valence-electron chi connectivity index (χ0n) is 17.7. The monoisotopic (exact) mass is 478 g/mol. The van der Waals surface area contributed by atoms with Crippen LogP contribution in [0.1, 0.15) is 16.1 Å². The van der Waals surface area contributed by atoms with Gasteiger partial charge in [-0.2, -0.15) is 13.2 Å². The number of alkyl halides is 3. The Morgan fingerprint density at radius 3 is 2.31 bits per heavy atom. The average Bonchev–Trinajstić information content (AvgIpc) is 3.28. The molecule has 0 spiro atoms. The Balaban J connectivity index is 1.64. The highest BCUT2D eigenvalue weighted by Crippen LogP contribution is 2.35. The predicted molar refractivity (Wildman–Crippen MR) is 120 cm³/mol. The molecule has 2 heterocycles. The van der Waals surface area contributed by atoms with E-state index in [1.165, 1.54) is 18.2 Å². The van der Waals surface area contributed by atoms with Crippen molar-refractivity contribution in [2.45, 2.75) is 6.18 Å². The topological polar surface area (TPSA) is 76.2 Å². The van der Waals surface area contributed by atoms with Gasteiger partial charge in [-0.15, -0.1) is 0 Å². The summed E-state index contributed by atoms with van der Waals surface area (Å²) < 4.78 is 60.5. The molecule has 0 unspecified atom stereocenters. The van der Waals surface area contributed by atoms with E-state index in [1.807, 2.05) is 0 Å². The summed E-state index contributed by atoms with van der Waals surface area (Å²) in [4.78, 5) is 19.3. The summed E-state index contributed by atoms with van der Waals surface area (Å²) in [6.45, 7) is 0. The number of nitrogens with zero attached hydrogens (tertiary/aromatic N) is 2. The molecule has 2 aromatic heterocycles. The maximum atomic E-state index is 13.8. The molecule has 3 aromatic carbocycles. The second-order valence-corrected chi connectivity index (χ2v) is 7.69. The molecule has 0 radical (unpaired) electrons. The third kappa shape index (κ3) is 4.35. The lowest BCUT2D eigenvalue weighted by Crippen LogP contribution is -2.10. The summed E-state index contributed by atoms with van der Waals surface area (Å²) >= 11 is 0. The van der Waals surface area contributed by atoms with Crippen molar-refractivity contribution in [2.24, 2.45) is 0 Å². The molecular formula is C26H14F4N2O3. The SMILES string of the molecule is O=C(O)c1cc(-c2cccc(-c3nc(-c4cc5ccccc5o4)cc(C(F)(F)F)n3)c2)ccc1F. The fraction of sp³-hybridized carbons (Fsp3) is 0.0385. The Morgan fingerprint density at radius 2 is 1.57 bits per heavy atom. The Bertz CT molecular complexity index is 1560. The number of aromatic nitrogens is 2. The van der Waals surface area contributed by atoms with Crippen molar-refractivity contribution >= 4 is 16.9 Å². The normalized spacial score (nSPS) is 11.7. The highest BCUT2D eigenvalue weighted by molar-refractivity contribution is 5.90. The van der Waals surface area contributed by atoms with Crippen molar-refractivity contribution in [1.29, 1.82) is 0 Å². The number of para-hydroxylation sites is 1. The summed E-state index contributed by atoms with van der Waals surface area (Å²) in [5, 5.41) is 9.90. The van der Waals surface area contributed by atoms with Crippen molar-refractivity contribution in [3.05, 3.63) is 95.9 Å². The van der Waals surface area contributed by atoms with E-state index in [4.69, 9.17) is 4.42 Å². The van der Waals surface area contributed by atoms with Crippen molar-refractivity contribution in [3.63, 3.8) is 0 Å². The maximum Gasteiger partial charge on any atom is 0.433 e. The summed E-state index contributed by atoms with van der Waals surface area (Å²) in [6.07, 6.45) is -4.73. The lowest BCUT2D eigenvalue weighted by Gasteiger charge is -2.11. The second kappa shape index (κ2) is 8.35. The van der Waals surface area contributed by atoms with E-state index in [-0.39, 0.29) is 22.8 Å². The van der Waals surface area contributed by atoms with Gasteiger partial charge >= 0.3 is 12.1 Å². The van der Waals surface area contributed by atoms with Gasteiger partial charge < -0.3 is 9.52 Å². The third-order valence-corrected chi connectivity index (χ3v) is 5.35. The number of hydrogen-bond acceptors (Lipinski definition) is 4. The molecule has 0 saturated carbocycles. The van der Waals surface area contributed by atoms with E-state index in [0.717, 1.165) is 18.2 Å². The quantitative estimate of drug-likeness (QED) is 0.279. The molecule has 0 aliphatic heterocycles. The van der Waals surface area contributed by atoms with Crippen LogP contribution in [0.4, 0.5) is 17.6 Å². The number of halogens is 4. The number of furan rings is 1. The van der Waals surface area contributed by atoms with Crippen LogP contribution >= 0.6 is 0 Å². The Kier molecular flexibility index (Phi) is 5.32. The first-order valence-corrected chi connectivity index (χ1v) is 10.3. The predicted octanol–water partition coefficient (Wildman–Crippen LogP) is 7.08. The van der Waals surface area contributed by atoms with Gasteiger partial charge in [0.1, 0.15) is 22.8 Å². The fourth-order valence-electron chi connectivity index (χ4n) is 3.66. The van der Waals surface area contributed by atoms with Gasteiger partial charge in [0.25, 0.3) is 0 Å². The van der Waals surface area contributed by atoms with Crippen LogP contribution in [0.25, 0.3) is 44.9 Å². The zero-order chi connectivity index (χ0) is 24.7. The average molecular weight is 478 g/mol. The molecule has 35 heavy (non-hydrogen) atoms. The minimum absolute atomic E-state index is 0.0427. The number of carboxylic acid groups (broad SMARTS) is 1. The van der Waals surface area contributed by atoms with Crippen LogP contribution in [0.5, 0.6) is 0 Å². The summed E-state index contributed by atoms with van der Waals surface area (Å²) in [6, 6.07) is 19.2. The molecule has 0 saturated heterocycles. The van der Waals surface area contributed by atoms with Crippen LogP contribution in [0.3, 0.4) is 0 Å². The molecule has 0 aliphatic rings. The molecule has 5 rings (SSSR count). The number of hydrogen-bond donors (Lipinski definition) is 1. The molecule has 5 aromatic rings. The number of rotatable bonds is 4. The molecule has 0 aliphatic carbocycles. The number of carboxylic acids is 1. The van der Waals surface area contributed by atoms with E-state index in [2.05, 4.69) is 9.97 Å². The number of fused-ring (bicyclic) bond motifs is 1. The van der Waals surface area contributed by atoms with Crippen LogP contribution in [0.2, 0.25) is 0 Å². The van der Waals surface area contributed by atoms with Gasteiger partial charge in [0.15, 0.2) is 11.6 Å². The van der Waals surface area contributed by atoms with Gasteiger partial charge in [-0.3, -0.25) is 0 Å². The highest BCUT2D eigenvalue weighted by atomic mass is 19.4. The lowest BCUT2D eigenvalue weighted by atomic mass is 10.0. The summed E-state index contributed by atoms with van der Waals surface area (Å²) in [7, 11) is 0. The minimum Gasteiger partial charge on any atom is -0.478 e. The van der Waals surface area contributed by atoms with E-state index >= 15 is 0 Å². The number of aromatic carboxylic acids is 1. The molecule has 0 bridgehead atoms. The minimum atomic E-state index is -4.73. The van der Waals surface area contributed by atoms with E-state index in [1.54, 1.807) is 42.5 Å². The number of benzene rings is 3. The van der Waals surface area contributed by atoms with Gasteiger partial charge in [0.2, 0.25) is 0 Å². The molecule has 174 valence electrons. The molecule has 1 N–H and O–H groups in total. The van der Waals surface area contributed by atoms with Crippen LogP contribution in [0, 0.1) is 5.82 Å². The second-order valence-electron chi connectivity index (χ2n) is 7.69. The molecule has 0 amide bonds. The summed E-state index contributed by atoms with van der Waals surface area (Å²) in [5.41, 5.74) is -0.116. The van der Waals surface area contributed by atoms with E-state index in [0.29, 0.717) is 22.1 Å². The smallest absolute Gasteiger partial charge is 0.433 e. The van der Waals surface area contributed by atoms with E-state index in [9.17, 15) is 27.5 Å². The molecule has 0 fully saturated rings.